The van der Waals surface area contributed by atoms with E-state index in [0.717, 1.165) is 0 Å². The first-order valence-corrected chi connectivity index (χ1v) is 3.68. The minimum Gasteiger partial charge on any atom is -0.396 e. The number of allylic oxidation sites excluding steroid dienone is 1. The van der Waals surface area contributed by atoms with E-state index in [9.17, 15) is 5.11 Å². The van der Waals surface area contributed by atoms with Crippen LogP contribution in [0.4, 0.5) is 0 Å². The third kappa shape index (κ3) is 3.35. The summed E-state index contributed by atoms with van der Waals surface area (Å²) in [5.41, 5.74) is 0.686. The summed E-state index contributed by atoms with van der Waals surface area (Å²) in [6, 6.07) is 0. The lowest BCUT2D eigenvalue weighted by atomic mass is 9.95. The molecule has 0 amide bonds. The van der Waals surface area contributed by atoms with Gasteiger partial charge in [0.2, 0.25) is 0 Å². The lowest BCUT2D eigenvalue weighted by Crippen LogP contribution is -2.23. The van der Waals surface area contributed by atoms with E-state index in [1.807, 2.05) is 0 Å². The summed E-state index contributed by atoms with van der Waals surface area (Å²) >= 11 is 0. The first-order chi connectivity index (χ1) is 5.13. The van der Waals surface area contributed by atoms with Crippen LogP contribution >= 0.6 is 0 Å². The Labute approximate surface area is 67.9 Å². The SMILES string of the molecule is C=CC[C@H](CO)[C@H](O)C(=C)C. The van der Waals surface area contributed by atoms with Crippen LogP contribution in [-0.2, 0) is 0 Å². The molecule has 0 bridgehead atoms. The van der Waals surface area contributed by atoms with Gasteiger partial charge in [-0.3, -0.25) is 0 Å². The lowest BCUT2D eigenvalue weighted by Gasteiger charge is -2.19. The van der Waals surface area contributed by atoms with Crippen LogP contribution in [-0.4, -0.2) is 22.9 Å². The minimum absolute atomic E-state index is 0.0277. The van der Waals surface area contributed by atoms with Gasteiger partial charge in [0, 0.05) is 12.5 Å². The van der Waals surface area contributed by atoms with Crippen molar-refractivity contribution in [3.05, 3.63) is 24.8 Å². The van der Waals surface area contributed by atoms with E-state index in [4.69, 9.17) is 5.11 Å². The third-order valence-corrected chi connectivity index (χ3v) is 1.66. The average molecular weight is 156 g/mol. The van der Waals surface area contributed by atoms with Crippen LogP contribution in [0, 0.1) is 5.92 Å². The molecule has 0 saturated heterocycles. The Morgan fingerprint density at radius 2 is 2.18 bits per heavy atom. The number of hydrogen-bond acceptors (Lipinski definition) is 2. The first-order valence-electron chi connectivity index (χ1n) is 3.68. The number of aliphatic hydroxyl groups is 2. The zero-order valence-electron chi connectivity index (χ0n) is 6.95. The zero-order valence-corrected chi connectivity index (χ0v) is 6.95. The van der Waals surface area contributed by atoms with Crippen molar-refractivity contribution >= 4 is 0 Å². The topological polar surface area (TPSA) is 40.5 Å². The quantitative estimate of drug-likeness (QED) is 0.585. The van der Waals surface area contributed by atoms with Gasteiger partial charge in [-0.1, -0.05) is 18.2 Å². The molecule has 0 aliphatic rings. The van der Waals surface area contributed by atoms with Crippen molar-refractivity contribution in [3.63, 3.8) is 0 Å². The highest BCUT2D eigenvalue weighted by atomic mass is 16.3. The summed E-state index contributed by atoms with van der Waals surface area (Å²) in [6.45, 7) is 8.87. The van der Waals surface area contributed by atoms with Gasteiger partial charge in [0.05, 0.1) is 6.10 Å². The molecule has 0 aliphatic carbocycles. The molecular formula is C9H16O2. The Morgan fingerprint density at radius 1 is 1.64 bits per heavy atom. The molecule has 0 aromatic rings. The van der Waals surface area contributed by atoms with Crippen LogP contribution in [0.5, 0.6) is 0 Å². The van der Waals surface area contributed by atoms with Crippen LogP contribution in [0.1, 0.15) is 13.3 Å². The van der Waals surface area contributed by atoms with Crippen LogP contribution in [0.3, 0.4) is 0 Å². The maximum absolute atomic E-state index is 9.41. The molecule has 0 aromatic heterocycles. The summed E-state index contributed by atoms with van der Waals surface area (Å²) in [5, 5.41) is 18.2. The highest BCUT2D eigenvalue weighted by Gasteiger charge is 2.16. The second kappa shape index (κ2) is 5.10. The van der Waals surface area contributed by atoms with Gasteiger partial charge in [-0.2, -0.15) is 0 Å². The Bertz CT molecular complexity index is 140. The van der Waals surface area contributed by atoms with E-state index >= 15 is 0 Å². The van der Waals surface area contributed by atoms with Gasteiger partial charge in [-0.05, 0) is 13.3 Å². The largest absolute Gasteiger partial charge is 0.396 e. The van der Waals surface area contributed by atoms with Gasteiger partial charge in [-0.25, -0.2) is 0 Å². The van der Waals surface area contributed by atoms with Crippen molar-refractivity contribution in [1.82, 2.24) is 0 Å². The Morgan fingerprint density at radius 3 is 2.45 bits per heavy atom. The molecule has 64 valence electrons. The van der Waals surface area contributed by atoms with E-state index < -0.39 is 6.10 Å². The molecule has 0 unspecified atom stereocenters. The smallest absolute Gasteiger partial charge is 0.0797 e. The fourth-order valence-electron chi connectivity index (χ4n) is 0.920. The summed E-state index contributed by atoms with van der Waals surface area (Å²) in [4.78, 5) is 0. The van der Waals surface area contributed by atoms with Gasteiger partial charge >= 0.3 is 0 Å². The van der Waals surface area contributed by atoms with Crippen LogP contribution in [0.25, 0.3) is 0 Å². The molecule has 0 aliphatic heterocycles. The first kappa shape index (κ1) is 10.4. The fourth-order valence-corrected chi connectivity index (χ4v) is 0.920. The molecule has 0 saturated carbocycles. The summed E-state index contributed by atoms with van der Waals surface area (Å²) < 4.78 is 0. The number of rotatable bonds is 5. The molecule has 2 N–H and O–H groups in total. The normalized spacial score (nSPS) is 15.5. The summed E-state index contributed by atoms with van der Waals surface area (Å²) in [6.07, 6.45) is 1.69. The predicted molar refractivity (Wildman–Crippen MR) is 46.2 cm³/mol. The maximum Gasteiger partial charge on any atom is 0.0797 e. The maximum atomic E-state index is 9.41. The van der Waals surface area contributed by atoms with Crippen LogP contribution in [0.15, 0.2) is 24.8 Å². The second-order valence-electron chi connectivity index (χ2n) is 2.76. The summed E-state index contributed by atoms with van der Waals surface area (Å²) in [5.74, 6) is -0.148. The van der Waals surface area contributed by atoms with Crippen molar-refractivity contribution in [2.24, 2.45) is 5.92 Å². The predicted octanol–water partition coefficient (Wildman–Crippen LogP) is 1.11. The molecule has 0 rings (SSSR count). The molecule has 0 fully saturated rings. The Balaban J connectivity index is 4.00. The van der Waals surface area contributed by atoms with E-state index in [1.165, 1.54) is 0 Å². The van der Waals surface area contributed by atoms with E-state index in [-0.39, 0.29) is 12.5 Å². The highest BCUT2D eigenvalue weighted by molar-refractivity contribution is 5.00. The number of aliphatic hydroxyl groups excluding tert-OH is 2. The highest BCUT2D eigenvalue weighted by Crippen LogP contribution is 2.14. The average Bonchev–Trinajstić information content (AvgIpc) is 1.98. The fraction of sp³-hybridized carbons (Fsp3) is 0.556. The van der Waals surface area contributed by atoms with E-state index in [1.54, 1.807) is 13.0 Å². The molecule has 0 spiro atoms. The summed E-state index contributed by atoms with van der Waals surface area (Å²) in [7, 11) is 0. The second-order valence-corrected chi connectivity index (χ2v) is 2.76. The monoisotopic (exact) mass is 156 g/mol. The van der Waals surface area contributed by atoms with E-state index in [2.05, 4.69) is 13.2 Å². The van der Waals surface area contributed by atoms with Crippen molar-refractivity contribution in [2.45, 2.75) is 19.4 Å². The molecule has 2 heteroatoms. The van der Waals surface area contributed by atoms with Crippen molar-refractivity contribution in [3.8, 4) is 0 Å². The van der Waals surface area contributed by atoms with Gasteiger partial charge in [0.15, 0.2) is 0 Å². The molecule has 0 heterocycles. The lowest BCUT2D eigenvalue weighted by molar-refractivity contribution is 0.0945. The van der Waals surface area contributed by atoms with Gasteiger partial charge in [0.25, 0.3) is 0 Å². The Kier molecular flexibility index (Phi) is 4.83. The molecule has 0 aromatic carbocycles. The van der Waals surface area contributed by atoms with Gasteiger partial charge in [-0.15, -0.1) is 6.58 Å². The molecular weight excluding hydrogens is 140 g/mol. The van der Waals surface area contributed by atoms with Crippen LogP contribution < -0.4 is 0 Å². The zero-order chi connectivity index (χ0) is 8.85. The van der Waals surface area contributed by atoms with Crippen molar-refractivity contribution in [2.75, 3.05) is 6.61 Å². The van der Waals surface area contributed by atoms with Gasteiger partial charge in [0.1, 0.15) is 0 Å². The van der Waals surface area contributed by atoms with Crippen molar-refractivity contribution < 1.29 is 10.2 Å². The van der Waals surface area contributed by atoms with Crippen LogP contribution in [0.2, 0.25) is 0 Å². The third-order valence-electron chi connectivity index (χ3n) is 1.66. The minimum atomic E-state index is -0.613. The number of hydrogen-bond donors (Lipinski definition) is 2. The molecule has 0 radical (unpaired) electrons. The molecule has 11 heavy (non-hydrogen) atoms. The van der Waals surface area contributed by atoms with Crippen molar-refractivity contribution in [1.29, 1.82) is 0 Å². The van der Waals surface area contributed by atoms with E-state index in [0.29, 0.717) is 12.0 Å². The molecule has 2 nitrogen and oxygen atoms in total. The van der Waals surface area contributed by atoms with Gasteiger partial charge < -0.3 is 10.2 Å². The molecule has 2 atom stereocenters. The standard InChI is InChI=1S/C9H16O2/c1-4-5-8(6-10)9(11)7(2)3/h4,8-11H,1-2,5-6H2,3H3/t8-,9-/m1/s1. The Hall–Kier alpha value is -0.600.